The molecule has 0 fully saturated rings. The molecule has 2 aromatic carbocycles. The molecule has 0 saturated carbocycles. The Labute approximate surface area is 156 Å². The molecule has 0 radical (unpaired) electrons. The molecule has 2 rings (SSSR count). The minimum absolute atomic E-state index is 0.00369. The number of ether oxygens (including phenoxy) is 1. The van der Waals surface area contributed by atoms with Crippen molar-refractivity contribution < 1.29 is 22.9 Å². The number of carbonyl (C=O) groups excluding carboxylic acids is 1. The van der Waals surface area contributed by atoms with Crippen LogP contribution < -0.4 is 10.5 Å². The number of rotatable bonds is 9. The van der Waals surface area contributed by atoms with Crippen LogP contribution in [0.3, 0.4) is 0 Å². The van der Waals surface area contributed by atoms with Gasteiger partial charge in [0, 0.05) is 25.6 Å². The van der Waals surface area contributed by atoms with E-state index in [0.717, 1.165) is 10.4 Å². The summed E-state index contributed by atoms with van der Waals surface area (Å²) in [5.41, 5.74) is 5.39. The standard InChI is InChI=1S/C17H19N3O6S/c1-26-16-8-7-14(11-15(16)20(22)23)27(24,25)19(10-9-17(18)21)12-13-5-3-2-4-6-13/h2-8,11H,9-10,12H2,1H3,(H2,18,21). The minimum Gasteiger partial charge on any atom is -0.490 e. The molecule has 0 unspecified atom stereocenters. The van der Waals surface area contributed by atoms with E-state index in [0.29, 0.717) is 5.56 Å². The molecule has 0 spiro atoms. The van der Waals surface area contributed by atoms with Crippen LogP contribution in [-0.4, -0.2) is 37.2 Å². The fourth-order valence-corrected chi connectivity index (χ4v) is 3.88. The molecule has 2 N–H and O–H groups in total. The van der Waals surface area contributed by atoms with Gasteiger partial charge in [0.15, 0.2) is 5.75 Å². The summed E-state index contributed by atoms with van der Waals surface area (Å²) < 4.78 is 32.0. The SMILES string of the molecule is COc1ccc(S(=O)(=O)N(CCC(N)=O)Cc2ccccc2)cc1[N+](=O)[O-]. The van der Waals surface area contributed by atoms with Crippen molar-refractivity contribution in [3.8, 4) is 5.75 Å². The number of benzene rings is 2. The van der Waals surface area contributed by atoms with Crippen molar-refractivity contribution in [2.45, 2.75) is 17.9 Å². The summed E-state index contributed by atoms with van der Waals surface area (Å²) in [4.78, 5) is 21.3. The summed E-state index contributed by atoms with van der Waals surface area (Å²) >= 11 is 0. The summed E-state index contributed by atoms with van der Waals surface area (Å²) in [5.74, 6) is -0.699. The van der Waals surface area contributed by atoms with E-state index in [1.807, 2.05) is 0 Å². The summed E-state index contributed by atoms with van der Waals surface area (Å²) in [6, 6.07) is 12.2. The zero-order chi connectivity index (χ0) is 20.0. The first-order chi connectivity index (χ1) is 12.8. The molecule has 9 nitrogen and oxygen atoms in total. The van der Waals surface area contributed by atoms with E-state index in [1.165, 1.54) is 19.2 Å². The molecular formula is C17H19N3O6S. The summed E-state index contributed by atoms with van der Waals surface area (Å²) in [7, 11) is -2.86. The lowest BCUT2D eigenvalue weighted by molar-refractivity contribution is -0.386. The van der Waals surface area contributed by atoms with Crippen LogP contribution in [0, 0.1) is 10.1 Å². The van der Waals surface area contributed by atoms with E-state index in [1.54, 1.807) is 30.3 Å². The molecule has 2 aromatic rings. The molecule has 27 heavy (non-hydrogen) atoms. The van der Waals surface area contributed by atoms with Crippen LogP contribution in [0.25, 0.3) is 0 Å². The fourth-order valence-electron chi connectivity index (χ4n) is 2.43. The van der Waals surface area contributed by atoms with Gasteiger partial charge in [0.25, 0.3) is 0 Å². The number of carbonyl (C=O) groups is 1. The second kappa shape index (κ2) is 8.60. The molecule has 0 aliphatic rings. The van der Waals surface area contributed by atoms with Crippen molar-refractivity contribution in [3.63, 3.8) is 0 Å². The topological polar surface area (TPSA) is 133 Å². The number of nitrogens with two attached hydrogens (primary N) is 1. The maximum atomic E-state index is 13.0. The molecule has 0 heterocycles. The third kappa shape index (κ3) is 5.02. The lowest BCUT2D eigenvalue weighted by Crippen LogP contribution is -2.33. The van der Waals surface area contributed by atoms with Crippen LogP contribution in [-0.2, 0) is 21.4 Å². The third-order valence-corrected chi connectivity index (χ3v) is 5.64. The van der Waals surface area contributed by atoms with E-state index in [4.69, 9.17) is 10.5 Å². The molecule has 1 amide bonds. The smallest absolute Gasteiger partial charge is 0.312 e. The van der Waals surface area contributed by atoms with E-state index in [9.17, 15) is 23.3 Å². The number of hydrogen-bond donors (Lipinski definition) is 1. The van der Waals surface area contributed by atoms with Gasteiger partial charge in [-0.05, 0) is 17.7 Å². The van der Waals surface area contributed by atoms with E-state index in [-0.39, 0.29) is 30.2 Å². The van der Waals surface area contributed by atoms with Gasteiger partial charge < -0.3 is 10.5 Å². The average Bonchev–Trinajstić information content (AvgIpc) is 2.64. The van der Waals surface area contributed by atoms with Crippen LogP contribution in [0.5, 0.6) is 5.75 Å². The lowest BCUT2D eigenvalue weighted by atomic mass is 10.2. The Morgan fingerprint density at radius 1 is 1.22 bits per heavy atom. The molecule has 0 saturated heterocycles. The van der Waals surface area contributed by atoms with Gasteiger partial charge in [-0.15, -0.1) is 0 Å². The van der Waals surface area contributed by atoms with Gasteiger partial charge >= 0.3 is 5.69 Å². The third-order valence-electron chi connectivity index (χ3n) is 3.79. The predicted octanol–water partition coefficient (Wildman–Crippen LogP) is 1.67. The van der Waals surface area contributed by atoms with Crippen LogP contribution in [0.4, 0.5) is 5.69 Å². The second-order valence-electron chi connectivity index (χ2n) is 5.63. The Balaban J connectivity index is 2.44. The number of nitrogens with zero attached hydrogens (tertiary/aromatic N) is 2. The fraction of sp³-hybridized carbons (Fsp3) is 0.235. The summed E-state index contributed by atoms with van der Waals surface area (Å²) in [6.45, 7) is -0.150. The van der Waals surface area contributed by atoms with Crippen LogP contribution in [0.2, 0.25) is 0 Å². The number of primary amides is 1. The first-order valence-electron chi connectivity index (χ1n) is 7.90. The molecule has 0 bridgehead atoms. The zero-order valence-corrected chi connectivity index (χ0v) is 15.4. The predicted molar refractivity (Wildman–Crippen MR) is 97.5 cm³/mol. The Morgan fingerprint density at radius 2 is 1.89 bits per heavy atom. The van der Waals surface area contributed by atoms with Crippen molar-refractivity contribution in [1.82, 2.24) is 4.31 Å². The van der Waals surface area contributed by atoms with Crippen molar-refractivity contribution in [3.05, 3.63) is 64.2 Å². The Bertz CT molecular complexity index is 931. The number of nitro groups is 1. The number of nitro benzene ring substituents is 1. The van der Waals surface area contributed by atoms with Crippen molar-refractivity contribution in [1.29, 1.82) is 0 Å². The number of methoxy groups -OCH3 is 1. The number of hydrogen-bond acceptors (Lipinski definition) is 6. The molecule has 10 heteroatoms. The highest BCUT2D eigenvalue weighted by Crippen LogP contribution is 2.31. The highest BCUT2D eigenvalue weighted by molar-refractivity contribution is 7.89. The normalized spacial score (nSPS) is 11.3. The van der Waals surface area contributed by atoms with Gasteiger partial charge in [-0.1, -0.05) is 30.3 Å². The Hall–Kier alpha value is -2.98. The van der Waals surface area contributed by atoms with Gasteiger partial charge in [-0.2, -0.15) is 4.31 Å². The Kier molecular flexibility index (Phi) is 6.48. The molecule has 144 valence electrons. The maximum Gasteiger partial charge on any atom is 0.312 e. The zero-order valence-electron chi connectivity index (χ0n) is 14.6. The molecular weight excluding hydrogens is 374 g/mol. The van der Waals surface area contributed by atoms with Gasteiger partial charge in [0.1, 0.15) is 0 Å². The Morgan fingerprint density at radius 3 is 2.44 bits per heavy atom. The number of sulfonamides is 1. The molecule has 0 aliphatic carbocycles. The van der Waals surface area contributed by atoms with Gasteiger partial charge in [0.05, 0.1) is 16.9 Å². The minimum atomic E-state index is -4.11. The van der Waals surface area contributed by atoms with Crippen LogP contribution in [0.15, 0.2) is 53.4 Å². The van der Waals surface area contributed by atoms with E-state index in [2.05, 4.69) is 0 Å². The average molecular weight is 393 g/mol. The van der Waals surface area contributed by atoms with Gasteiger partial charge in [-0.25, -0.2) is 8.42 Å². The summed E-state index contributed by atoms with van der Waals surface area (Å²) in [6.07, 6.45) is -0.176. The van der Waals surface area contributed by atoms with Crippen molar-refractivity contribution in [2.75, 3.05) is 13.7 Å². The van der Waals surface area contributed by atoms with Gasteiger partial charge in [-0.3, -0.25) is 14.9 Å². The van der Waals surface area contributed by atoms with Crippen LogP contribution >= 0.6 is 0 Å². The molecule has 0 aliphatic heterocycles. The van der Waals surface area contributed by atoms with Crippen LogP contribution in [0.1, 0.15) is 12.0 Å². The maximum absolute atomic E-state index is 13.0. The largest absolute Gasteiger partial charge is 0.490 e. The lowest BCUT2D eigenvalue weighted by Gasteiger charge is -2.22. The first kappa shape index (κ1) is 20.3. The first-order valence-corrected chi connectivity index (χ1v) is 9.34. The highest BCUT2D eigenvalue weighted by atomic mass is 32.2. The van der Waals surface area contributed by atoms with E-state index >= 15 is 0 Å². The quantitative estimate of drug-likeness (QED) is 0.509. The summed E-state index contributed by atoms with van der Waals surface area (Å²) in [5, 5.41) is 11.2. The van der Waals surface area contributed by atoms with Crippen molar-refractivity contribution >= 4 is 21.6 Å². The van der Waals surface area contributed by atoms with E-state index < -0.39 is 26.5 Å². The molecule has 0 atom stereocenters. The number of amides is 1. The monoisotopic (exact) mass is 393 g/mol. The van der Waals surface area contributed by atoms with Gasteiger partial charge in [0.2, 0.25) is 15.9 Å². The highest BCUT2D eigenvalue weighted by Gasteiger charge is 2.28. The van der Waals surface area contributed by atoms with Crippen molar-refractivity contribution in [2.24, 2.45) is 5.73 Å². The second-order valence-corrected chi connectivity index (χ2v) is 7.57. The molecule has 0 aromatic heterocycles.